The summed E-state index contributed by atoms with van der Waals surface area (Å²) in [6, 6.07) is 11.5. The number of esters is 1. The second kappa shape index (κ2) is 7.59. The van der Waals surface area contributed by atoms with Crippen LogP contribution in [0, 0.1) is 0 Å². The second-order valence-electron chi connectivity index (χ2n) is 6.33. The Labute approximate surface area is 184 Å². The van der Waals surface area contributed by atoms with Crippen LogP contribution in [0.25, 0.3) is 0 Å². The van der Waals surface area contributed by atoms with Crippen molar-refractivity contribution in [2.24, 2.45) is 4.99 Å². The Hall–Kier alpha value is -2.16. The number of carbonyl (C=O) groups is 3. The van der Waals surface area contributed by atoms with Crippen LogP contribution >= 0.6 is 39.3 Å². The molecule has 148 valence electrons. The molecule has 0 N–H and O–H groups in total. The normalized spacial score (nSPS) is 20.0. The maximum absolute atomic E-state index is 13.5. The Morgan fingerprint density at radius 2 is 2.00 bits per heavy atom. The summed E-state index contributed by atoms with van der Waals surface area (Å²) < 4.78 is 5.77. The van der Waals surface area contributed by atoms with Crippen LogP contribution < -0.4 is 4.90 Å². The number of aliphatic imine (C=N–C) groups is 1. The molecule has 0 saturated heterocycles. The maximum atomic E-state index is 13.5. The number of ether oxygens (including phenoxy) is 1. The van der Waals surface area contributed by atoms with Gasteiger partial charge in [-0.05, 0) is 49.4 Å². The molecule has 29 heavy (non-hydrogen) atoms. The lowest BCUT2D eigenvalue weighted by Gasteiger charge is -2.19. The van der Waals surface area contributed by atoms with E-state index in [1.54, 1.807) is 49.4 Å². The molecule has 2 aromatic carbocycles. The van der Waals surface area contributed by atoms with Crippen molar-refractivity contribution in [1.29, 1.82) is 0 Å². The van der Waals surface area contributed by atoms with Gasteiger partial charge in [0.25, 0.3) is 11.8 Å². The summed E-state index contributed by atoms with van der Waals surface area (Å²) >= 11 is 10.5. The van der Waals surface area contributed by atoms with Gasteiger partial charge in [-0.25, -0.2) is 14.7 Å². The SMILES string of the molecule is CCOC(=O)C1=NC2(SC1)C(=O)N(C(=O)c1ccc(Cl)cc1)c1ccc(Br)cc12. The average Bonchev–Trinajstić information content (AvgIpc) is 3.25. The van der Waals surface area contributed by atoms with Gasteiger partial charge in [-0.2, -0.15) is 0 Å². The molecule has 2 aliphatic heterocycles. The Balaban J connectivity index is 1.81. The molecule has 4 rings (SSSR count). The van der Waals surface area contributed by atoms with Crippen LogP contribution in [-0.4, -0.2) is 35.9 Å². The number of nitrogens with zero attached hydrogens (tertiary/aromatic N) is 2. The van der Waals surface area contributed by atoms with Crippen molar-refractivity contribution in [3.63, 3.8) is 0 Å². The van der Waals surface area contributed by atoms with E-state index in [9.17, 15) is 14.4 Å². The van der Waals surface area contributed by atoms with Crippen LogP contribution in [-0.2, 0) is 19.2 Å². The highest BCUT2D eigenvalue weighted by molar-refractivity contribution is 9.10. The summed E-state index contributed by atoms with van der Waals surface area (Å²) in [5, 5.41) is 0.491. The van der Waals surface area contributed by atoms with E-state index in [1.165, 1.54) is 11.8 Å². The van der Waals surface area contributed by atoms with Gasteiger partial charge in [-0.1, -0.05) is 27.5 Å². The van der Waals surface area contributed by atoms with Crippen LogP contribution in [0.4, 0.5) is 5.69 Å². The van der Waals surface area contributed by atoms with Gasteiger partial charge in [-0.15, -0.1) is 11.8 Å². The van der Waals surface area contributed by atoms with Gasteiger partial charge < -0.3 is 4.74 Å². The third kappa shape index (κ3) is 3.29. The van der Waals surface area contributed by atoms with Gasteiger partial charge >= 0.3 is 5.97 Å². The standard InChI is InChI=1S/C20H14BrClN2O4S/c1-2-28-18(26)15-10-29-20(23-15)14-9-12(21)5-8-16(14)24(19(20)27)17(25)11-3-6-13(22)7-4-11/h3-9H,2,10H2,1H3. The van der Waals surface area contributed by atoms with E-state index in [0.717, 1.165) is 9.37 Å². The first-order chi connectivity index (χ1) is 13.9. The van der Waals surface area contributed by atoms with Crippen LogP contribution in [0.5, 0.6) is 0 Å². The molecule has 1 spiro atoms. The van der Waals surface area contributed by atoms with Crippen molar-refractivity contribution in [3.8, 4) is 0 Å². The van der Waals surface area contributed by atoms with Gasteiger partial charge in [0.2, 0.25) is 4.87 Å². The summed E-state index contributed by atoms with van der Waals surface area (Å²) in [6.07, 6.45) is 0. The molecule has 0 saturated carbocycles. The van der Waals surface area contributed by atoms with Crippen molar-refractivity contribution in [3.05, 3.63) is 63.1 Å². The lowest BCUT2D eigenvalue weighted by Crippen LogP contribution is -2.40. The monoisotopic (exact) mass is 492 g/mol. The van der Waals surface area contributed by atoms with Crippen molar-refractivity contribution in [1.82, 2.24) is 0 Å². The predicted molar refractivity (Wildman–Crippen MR) is 116 cm³/mol. The number of rotatable bonds is 3. The predicted octanol–water partition coefficient (Wildman–Crippen LogP) is 4.19. The van der Waals surface area contributed by atoms with E-state index in [4.69, 9.17) is 16.3 Å². The van der Waals surface area contributed by atoms with Crippen molar-refractivity contribution >= 4 is 68.5 Å². The fraction of sp³-hybridized carbons (Fsp3) is 0.200. The summed E-state index contributed by atoms with van der Waals surface area (Å²) in [5.41, 5.74) is 1.51. The summed E-state index contributed by atoms with van der Waals surface area (Å²) in [5.74, 6) is -1.31. The molecular formula is C20H14BrClN2O4S. The van der Waals surface area contributed by atoms with E-state index in [-0.39, 0.29) is 18.1 Å². The van der Waals surface area contributed by atoms with E-state index in [0.29, 0.717) is 21.8 Å². The number of carbonyl (C=O) groups excluding carboxylic acids is 3. The smallest absolute Gasteiger partial charge is 0.353 e. The van der Waals surface area contributed by atoms with E-state index >= 15 is 0 Å². The summed E-state index contributed by atoms with van der Waals surface area (Å²) in [7, 11) is 0. The number of hydrogen-bond donors (Lipinski definition) is 0. The third-order valence-electron chi connectivity index (χ3n) is 4.57. The molecule has 1 atom stereocenters. The van der Waals surface area contributed by atoms with Crippen LogP contribution in [0.15, 0.2) is 51.9 Å². The van der Waals surface area contributed by atoms with Gasteiger partial charge in [0.1, 0.15) is 5.71 Å². The zero-order valence-corrected chi connectivity index (χ0v) is 18.3. The summed E-state index contributed by atoms with van der Waals surface area (Å²) in [4.78, 5) is 43.0. The molecule has 1 unspecified atom stereocenters. The first-order valence-electron chi connectivity index (χ1n) is 8.71. The fourth-order valence-corrected chi connectivity index (χ4v) is 4.99. The number of halogens is 2. The Morgan fingerprint density at radius 1 is 1.28 bits per heavy atom. The van der Waals surface area contributed by atoms with Gasteiger partial charge in [0, 0.05) is 26.4 Å². The topological polar surface area (TPSA) is 76.0 Å². The van der Waals surface area contributed by atoms with Crippen LogP contribution in [0.3, 0.4) is 0 Å². The molecule has 0 radical (unpaired) electrons. The zero-order valence-electron chi connectivity index (χ0n) is 15.1. The molecule has 0 bridgehead atoms. The molecular weight excluding hydrogens is 480 g/mol. The minimum atomic E-state index is -1.39. The summed E-state index contributed by atoms with van der Waals surface area (Å²) in [6.45, 7) is 1.92. The van der Waals surface area contributed by atoms with Crippen LogP contribution in [0.2, 0.25) is 5.02 Å². The number of benzene rings is 2. The number of anilines is 1. The fourth-order valence-electron chi connectivity index (χ4n) is 3.27. The highest BCUT2D eigenvalue weighted by Gasteiger charge is 2.57. The molecule has 2 aliphatic rings. The van der Waals surface area contributed by atoms with Gasteiger partial charge in [-0.3, -0.25) is 9.59 Å². The zero-order chi connectivity index (χ0) is 20.8. The lowest BCUT2D eigenvalue weighted by atomic mass is 10.1. The minimum Gasteiger partial charge on any atom is -0.461 e. The van der Waals surface area contributed by atoms with Crippen molar-refractivity contribution in [2.45, 2.75) is 11.8 Å². The molecule has 0 aromatic heterocycles. The Bertz CT molecular complexity index is 1070. The average molecular weight is 494 g/mol. The molecule has 2 heterocycles. The highest BCUT2D eigenvalue weighted by Crippen LogP contribution is 2.53. The van der Waals surface area contributed by atoms with E-state index in [1.807, 2.05) is 0 Å². The maximum Gasteiger partial charge on any atom is 0.353 e. The van der Waals surface area contributed by atoms with Crippen LogP contribution in [0.1, 0.15) is 22.8 Å². The lowest BCUT2D eigenvalue weighted by molar-refractivity contribution is -0.135. The number of amides is 2. The first kappa shape index (κ1) is 20.1. The molecule has 0 fully saturated rings. The Kier molecular flexibility index (Phi) is 5.27. The molecule has 0 aliphatic carbocycles. The number of hydrogen-bond acceptors (Lipinski definition) is 6. The minimum absolute atomic E-state index is 0.178. The third-order valence-corrected chi connectivity index (χ3v) is 6.64. The number of fused-ring (bicyclic) bond motifs is 2. The largest absolute Gasteiger partial charge is 0.461 e. The first-order valence-corrected chi connectivity index (χ1v) is 10.9. The van der Waals surface area contributed by atoms with Gasteiger partial charge in [0.15, 0.2) is 0 Å². The molecule has 9 heteroatoms. The molecule has 6 nitrogen and oxygen atoms in total. The molecule has 2 amide bonds. The van der Waals surface area contributed by atoms with Crippen molar-refractivity contribution < 1.29 is 19.1 Å². The van der Waals surface area contributed by atoms with Crippen molar-refractivity contribution in [2.75, 3.05) is 17.3 Å². The number of thioether (sulfide) groups is 1. The highest BCUT2D eigenvalue weighted by atomic mass is 79.9. The Morgan fingerprint density at radius 3 is 2.69 bits per heavy atom. The second-order valence-corrected chi connectivity index (χ2v) is 8.85. The van der Waals surface area contributed by atoms with E-state index < -0.39 is 22.7 Å². The quantitative estimate of drug-likeness (QED) is 0.473. The molecule has 2 aromatic rings. The number of imide groups is 1. The van der Waals surface area contributed by atoms with E-state index in [2.05, 4.69) is 20.9 Å². The van der Waals surface area contributed by atoms with Gasteiger partial charge in [0.05, 0.1) is 12.3 Å².